The lowest BCUT2D eigenvalue weighted by molar-refractivity contribution is -0.125. The number of amides is 4. The van der Waals surface area contributed by atoms with Crippen molar-refractivity contribution in [3.8, 4) is 0 Å². The highest BCUT2D eigenvalue weighted by Gasteiger charge is 2.28. The zero-order valence-electron chi connectivity index (χ0n) is 16.2. The van der Waals surface area contributed by atoms with Gasteiger partial charge in [-0.05, 0) is 36.2 Å². The molecule has 1 aromatic heterocycles. The molecule has 0 atom stereocenters. The predicted molar refractivity (Wildman–Crippen MR) is 110 cm³/mol. The summed E-state index contributed by atoms with van der Waals surface area (Å²) < 4.78 is 1.26. The molecule has 2 heterocycles. The van der Waals surface area contributed by atoms with E-state index in [0.29, 0.717) is 22.2 Å². The Bertz CT molecular complexity index is 1220. The lowest BCUT2D eigenvalue weighted by atomic mass is 10.1. The van der Waals surface area contributed by atoms with Crippen LogP contribution in [0.2, 0.25) is 0 Å². The SMILES string of the molecule is Cc1cccc2c(=O)n(CC(=O)Nc3cccc(CN4C(=O)CNC4=O)c3)cnc12. The zero-order valence-corrected chi connectivity index (χ0v) is 16.2. The maximum atomic E-state index is 12.6. The zero-order chi connectivity index (χ0) is 21.3. The van der Waals surface area contributed by atoms with Crippen molar-refractivity contribution in [1.29, 1.82) is 0 Å². The number of benzene rings is 2. The smallest absolute Gasteiger partial charge is 0.324 e. The minimum Gasteiger partial charge on any atom is -0.329 e. The van der Waals surface area contributed by atoms with Gasteiger partial charge in [0.15, 0.2) is 0 Å². The summed E-state index contributed by atoms with van der Waals surface area (Å²) in [5.41, 5.74) is 2.42. The third-order valence-electron chi connectivity index (χ3n) is 4.86. The predicted octanol–water partition coefficient (Wildman–Crippen LogP) is 1.40. The van der Waals surface area contributed by atoms with Crippen LogP contribution in [0.5, 0.6) is 0 Å². The molecular weight excluding hydrogens is 386 g/mol. The van der Waals surface area contributed by atoms with Crippen molar-refractivity contribution >= 4 is 34.4 Å². The Morgan fingerprint density at radius 2 is 1.97 bits per heavy atom. The largest absolute Gasteiger partial charge is 0.329 e. The van der Waals surface area contributed by atoms with Crippen molar-refractivity contribution in [2.75, 3.05) is 11.9 Å². The van der Waals surface area contributed by atoms with Crippen LogP contribution in [0.1, 0.15) is 11.1 Å². The van der Waals surface area contributed by atoms with Gasteiger partial charge in [0.2, 0.25) is 11.8 Å². The molecule has 4 rings (SSSR count). The number of imide groups is 1. The number of para-hydroxylation sites is 1. The molecule has 0 saturated carbocycles. The van der Waals surface area contributed by atoms with Crippen molar-refractivity contribution in [3.05, 3.63) is 70.3 Å². The number of nitrogens with one attached hydrogen (secondary N) is 2. The highest BCUT2D eigenvalue weighted by atomic mass is 16.2. The van der Waals surface area contributed by atoms with Gasteiger partial charge in [-0.1, -0.05) is 24.3 Å². The molecule has 0 bridgehead atoms. The molecule has 4 amide bonds. The van der Waals surface area contributed by atoms with Gasteiger partial charge in [-0.15, -0.1) is 0 Å². The van der Waals surface area contributed by atoms with Gasteiger partial charge in [-0.3, -0.25) is 23.9 Å². The van der Waals surface area contributed by atoms with Crippen LogP contribution in [0, 0.1) is 6.92 Å². The molecule has 1 fully saturated rings. The molecule has 0 spiro atoms. The van der Waals surface area contributed by atoms with Crippen molar-refractivity contribution < 1.29 is 14.4 Å². The number of aryl methyl sites for hydroxylation is 1. The average molecular weight is 405 g/mol. The number of aromatic nitrogens is 2. The van der Waals surface area contributed by atoms with Crippen LogP contribution in [0.3, 0.4) is 0 Å². The first-order chi connectivity index (χ1) is 14.4. The minimum atomic E-state index is -0.437. The number of anilines is 1. The van der Waals surface area contributed by atoms with Crippen molar-refractivity contribution in [3.63, 3.8) is 0 Å². The lowest BCUT2D eigenvalue weighted by Crippen LogP contribution is -2.30. The second-order valence-corrected chi connectivity index (χ2v) is 7.04. The number of rotatable bonds is 5. The number of hydrogen-bond acceptors (Lipinski definition) is 5. The summed E-state index contributed by atoms with van der Waals surface area (Å²) in [5, 5.41) is 5.66. The van der Waals surface area contributed by atoms with Crippen LogP contribution < -0.4 is 16.2 Å². The minimum absolute atomic E-state index is 0.0106. The van der Waals surface area contributed by atoms with Gasteiger partial charge in [-0.25, -0.2) is 9.78 Å². The standard InChI is InChI=1S/C21H19N5O4/c1-13-4-2-7-16-19(13)23-12-25(20(16)29)11-17(27)24-15-6-3-5-14(8-15)10-26-18(28)9-22-21(26)30/h2-8,12H,9-11H2,1H3,(H,22,30)(H,24,27). The van der Waals surface area contributed by atoms with Crippen LogP contribution in [-0.2, 0) is 22.7 Å². The van der Waals surface area contributed by atoms with Gasteiger partial charge < -0.3 is 10.6 Å². The number of hydrogen-bond donors (Lipinski definition) is 2. The Balaban J connectivity index is 1.48. The van der Waals surface area contributed by atoms with Crippen LogP contribution in [-0.4, -0.2) is 38.8 Å². The summed E-state index contributed by atoms with van der Waals surface area (Å²) in [6, 6.07) is 11.8. The van der Waals surface area contributed by atoms with Gasteiger partial charge in [0, 0.05) is 5.69 Å². The van der Waals surface area contributed by atoms with Crippen LogP contribution in [0.15, 0.2) is 53.6 Å². The van der Waals surface area contributed by atoms with Crippen LogP contribution in [0.4, 0.5) is 10.5 Å². The molecule has 1 aliphatic rings. The molecule has 0 unspecified atom stereocenters. The first-order valence-corrected chi connectivity index (χ1v) is 9.34. The van der Waals surface area contributed by atoms with Gasteiger partial charge >= 0.3 is 6.03 Å². The molecule has 2 N–H and O–H groups in total. The summed E-state index contributed by atoms with van der Waals surface area (Å²) in [7, 11) is 0. The average Bonchev–Trinajstić information content (AvgIpc) is 3.03. The molecule has 0 aliphatic carbocycles. The molecule has 2 aromatic carbocycles. The Kier molecular flexibility index (Phi) is 5.01. The Hall–Kier alpha value is -4.01. The second-order valence-electron chi connectivity index (χ2n) is 7.04. The number of urea groups is 1. The molecule has 9 nitrogen and oxygen atoms in total. The molecule has 3 aromatic rings. The fourth-order valence-electron chi connectivity index (χ4n) is 3.35. The van der Waals surface area contributed by atoms with E-state index < -0.39 is 11.9 Å². The number of carbonyl (C=O) groups is 3. The second kappa shape index (κ2) is 7.78. The molecule has 1 saturated heterocycles. The van der Waals surface area contributed by atoms with Gasteiger partial charge in [0.05, 0.1) is 30.3 Å². The summed E-state index contributed by atoms with van der Waals surface area (Å²) >= 11 is 0. The van der Waals surface area contributed by atoms with Crippen molar-refractivity contribution in [2.24, 2.45) is 0 Å². The summed E-state index contributed by atoms with van der Waals surface area (Å²) in [4.78, 5) is 53.9. The highest BCUT2D eigenvalue weighted by molar-refractivity contribution is 6.01. The number of carbonyl (C=O) groups excluding carboxylic acids is 3. The summed E-state index contributed by atoms with van der Waals surface area (Å²) in [6.07, 6.45) is 1.37. The fraction of sp³-hybridized carbons (Fsp3) is 0.190. The van der Waals surface area contributed by atoms with Gasteiger partial charge in [0.25, 0.3) is 5.56 Å². The van der Waals surface area contributed by atoms with Gasteiger partial charge in [-0.2, -0.15) is 0 Å². The molecule has 1 aliphatic heterocycles. The van der Waals surface area contributed by atoms with E-state index >= 15 is 0 Å². The van der Waals surface area contributed by atoms with E-state index in [0.717, 1.165) is 10.5 Å². The topological polar surface area (TPSA) is 113 Å². The van der Waals surface area contributed by atoms with Crippen LogP contribution in [0.25, 0.3) is 10.9 Å². The first kappa shape index (κ1) is 19.3. The molecule has 0 radical (unpaired) electrons. The molecular formula is C21H19N5O4. The third kappa shape index (κ3) is 3.77. The van der Waals surface area contributed by atoms with Crippen molar-refractivity contribution in [1.82, 2.24) is 19.8 Å². The monoisotopic (exact) mass is 405 g/mol. The van der Waals surface area contributed by atoms with E-state index in [1.807, 2.05) is 13.0 Å². The van der Waals surface area contributed by atoms with E-state index in [1.165, 1.54) is 10.9 Å². The summed E-state index contributed by atoms with van der Waals surface area (Å²) in [6.45, 7) is 1.79. The van der Waals surface area contributed by atoms with E-state index in [9.17, 15) is 19.2 Å². The van der Waals surface area contributed by atoms with E-state index in [4.69, 9.17) is 0 Å². The molecule has 30 heavy (non-hydrogen) atoms. The number of fused-ring (bicyclic) bond motifs is 1. The maximum absolute atomic E-state index is 12.6. The summed E-state index contributed by atoms with van der Waals surface area (Å²) in [5.74, 6) is -0.689. The van der Waals surface area contributed by atoms with E-state index in [-0.39, 0.29) is 31.1 Å². The van der Waals surface area contributed by atoms with E-state index in [1.54, 1.807) is 36.4 Å². The molecule has 152 valence electrons. The lowest BCUT2D eigenvalue weighted by Gasteiger charge is -2.13. The van der Waals surface area contributed by atoms with Crippen LogP contribution >= 0.6 is 0 Å². The number of nitrogens with zero attached hydrogens (tertiary/aromatic N) is 3. The Morgan fingerprint density at radius 1 is 1.17 bits per heavy atom. The molecule has 9 heteroatoms. The van der Waals surface area contributed by atoms with Gasteiger partial charge in [0.1, 0.15) is 6.54 Å². The maximum Gasteiger partial charge on any atom is 0.324 e. The third-order valence-corrected chi connectivity index (χ3v) is 4.86. The van der Waals surface area contributed by atoms with Crippen molar-refractivity contribution in [2.45, 2.75) is 20.0 Å². The fourth-order valence-corrected chi connectivity index (χ4v) is 3.35. The Labute approximate surface area is 171 Å². The normalized spacial score (nSPS) is 13.6. The first-order valence-electron chi connectivity index (χ1n) is 9.34. The quantitative estimate of drug-likeness (QED) is 0.623. The highest BCUT2D eigenvalue weighted by Crippen LogP contribution is 2.15. The Morgan fingerprint density at radius 3 is 2.73 bits per heavy atom. The van der Waals surface area contributed by atoms with E-state index in [2.05, 4.69) is 15.6 Å².